The molecule has 0 saturated carbocycles. The third kappa shape index (κ3) is 7.37. The molecule has 1 aromatic carbocycles. The average Bonchev–Trinajstić information content (AvgIpc) is 2.09. The largest absolute Gasteiger partial charge is 0.207 e. The number of rotatable bonds is 0. The van der Waals surface area contributed by atoms with Crippen LogP contribution in [-0.2, 0) is 0 Å². The molecule has 0 aliphatic heterocycles. The zero-order valence-electron chi connectivity index (χ0n) is 8.37. The van der Waals surface area contributed by atoms with Crippen LogP contribution in [0.4, 0.5) is 13.2 Å². The second-order valence-electron chi connectivity index (χ2n) is 1.59. The van der Waals surface area contributed by atoms with Crippen LogP contribution in [-0.4, -0.2) is 0 Å². The second-order valence-corrected chi connectivity index (χ2v) is 1.59. The van der Waals surface area contributed by atoms with Gasteiger partial charge in [-0.15, -0.1) is 0 Å². The molecule has 3 heteroatoms. The van der Waals surface area contributed by atoms with E-state index < -0.39 is 17.5 Å². The van der Waals surface area contributed by atoms with Crippen molar-refractivity contribution in [2.75, 3.05) is 0 Å². The minimum absolute atomic E-state index is 0.614. The van der Waals surface area contributed by atoms with Crippen molar-refractivity contribution in [1.82, 2.24) is 0 Å². The molecule has 76 valence electrons. The highest BCUT2D eigenvalue weighted by Gasteiger charge is 1.96. The molecule has 0 aliphatic rings. The molecule has 0 fully saturated rings. The number of halogens is 3. The summed E-state index contributed by atoms with van der Waals surface area (Å²) in [5.74, 6) is -2.69. The predicted octanol–water partition coefficient (Wildman–Crippen LogP) is 4.16. The van der Waals surface area contributed by atoms with Crippen LogP contribution in [0.25, 0.3) is 0 Å². The summed E-state index contributed by atoms with van der Waals surface area (Å²) < 4.78 is 35.8. The Labute approximate surface area is 77.4 Å². The van der Waals surface area contributed by atoms with Crippen LogP contribution in [0.2, 0.25) is 0 Å². The van der Waals surface area contributed by atoms with Gasteiger partial charge in [0.05, 0.1) is 0 Å². The molecular weight excluding hydrogens is 177 g/mol. The lowest BCUT2D eigenvalue weighted by Crippen LogP contribution is -1.81. The van der Waals surface area contributed by atoms with Crippen LogP contribution in [0.5, 0.6) is 0 Å². The lowest BCUT2D eigenvalue weighted by Gasteiger charge is -1.88. The third-order valence-corrected chi connectivity index (χ3v) is 0.827. The minimum atomic E-state index is -0.896. The first-order valence-corrected chi connectivity index (χ1v) is 4.30. The lowest BCUT2D eigenvalue weighted by molar-refractivity contribution is 0.543. The summed E-state index contributed by atoms with van der Waals surface area (Å²) >= 11 is 0. The highest BCUT2D eigenvalue weighted by molar-refractivity contribution is 5.07. The summed E-state index contributed by atoms with van der Waals surface area (Å²) in [4.78, 5) is 0. The van der Waals surface area contributed by atoms with Crippen molar-refractivity contribution in [2.24, 2.45) is 0 Å². The maximum Gasteiger partial charge on any atom is 0.129 e. The standard InChI is InChI=1S/C6H3F3.2C2H6/c7-4-1-5(8)3-6(9)2-4;2*1-2/h1-3H;2*1-2H3. The molecule has 0 spiro atoms. The van der Waals surface area contributed by atoms with E-state index in [0.717, 1.165) is 0 Å². The Hall–Kier alpha value is -0.990. The quantitative estimate of drug-likeness (QED) is 0.579. The van der Waals surface area contributed by atoms with Gasteiger partial charge in [0.1, 0.15) is 17.5 Å². The molecule has 0 radical (unpaired) electrons. The topological polar surface area (TPSA) is 0 Å². The van der Waals surface area contributed by atoms with Gasteiger partial charge in [0.2, 0.25) is 0 Å². The molecule has 0 saturated heterocycles. The Morgan fingerprint density at radius 3 is 0.923 bits per heavy atom. The monoisotopic (exact) mass is 192 g/mol. The Morgan fingerprint density at radius 2 is 0.769 bits per heavy atom. The second kappa shape index (κ2) is 9.10. The molecule has 0 bridgehead atoms. The van der Waals surface area contributed by atoms with E-state index in [2.05, 4.69) is 0 Å². The minimum Gasteiger partial charge on any atom is -0.207 e. The average molecular weight is 192 g/mol. The zero-order chi connectivity index (χ0) is 10.9. The molecule has 0 aliphatic carbocycles. The Bertz CT molecular complexity index is 171. The Morgan fingerprint density at radius 1 is 0.615 bits per heavy atom. The van der Waals surface area contributed by atoms with Gasteiger partial charge in [-0.05, 0) is 0 Å². The van der Waals surface area contributed by atoms with E-state index in [0.29, 0.717) is 18.2 Å². The van der Waals surface area contributed by atoms with Crippen LogP contribution in [0, 0.1) is 17.5 Å². The van der Waals surface area contributed by atoms with Crippen LogP contribution >= 0.6 is 0 Å². The fourth-order valence-corrected chi connectivity index (χ4v) is 0.520. The van der Waals surface area contributed by atoms with Crippen molar-refractivity contribution in [3.05, 3.63) is 35.7 Å². The molecule has 0 nitrogen and oxygen atoms in total. The van der Waals surface area contributed by atoms with Crippen molar-refractivity contribution in [3.63, 3.8) is 0 Å². The van der Waals surface area contributed by atoms with E-state index in [1.165, 1.54) is 0 Å². The van der Waals surface area contributed by atoms with E-state index in [1.54, 1.807) is 0 Å². The first-order chi connectivity index (χ1) is 6.18. The molecular formula is C10H15F3. The first-order valence-electron chi connectivity index (χ1n) is 4.30. The molecule has 0 aromatic heterocycles. The van der Waals surface area contributed by atoms with Gasteiger partial charge in [-0.2, -0.15) is 0 Å². The zero-order valence-corrected chi connectivity index (χ0v) is 8.37. The summed E-state index contributed by atoms with van der Waals surface area (Å²) in [5, 5.41) is 0. The fourth-order valence-electron chi connectivity index (χ4n) is 0.520. The third-order valence-electron chi connectivity index (χ3n) is 0.827. The van der Waals surface area contributed by atoms with Crippen LogP contribution in [0.3, 0.4) is 0 Å². The predicted molar refractivity (Wildman–Crippen MR) is 49.0 cm³/mol. The van der Waals surface area contributed by atoms with E-state index in [1.807, 2.05) is 27.7 Å². The molecule has 0 heterocycles. The maximum absolute atomic E-state index is 11.9. The van der Waals surface area contributed by atoms with Crippen LogP contribution < -0.4 is 0 Å². The van der Waals surface area contributed by atoms with Gasteiger partial charge < -0.3 is 0 Å². The number of hydrogen-bond donors (Lipinski definition) is 0. The van der Waals surface area contributed by atoms with E-state index in [4.69, 9.17) is 0 Å². The van der Waals surface area contributed by atoms with E-state index in [9.17, 15) is 13.2 Å². The van der Waals surface area contributed by atoms with Crippen molar-refractivity contribution in [3.8, 4) is 0 Å². The number of hydrogen-bond acceptors (Lipinski definition) is 0. The van der Waals surface area contributed by atoms with Gasteiger partial charge in [-0.1, -0.05) is 27.7 Å². The van der Waals surface area contributed by atoms with Gasteiger partial charge in [-0.25, -0.2) is 13.2 Å². The van der Waals surface area contributed by atoms with Crippen molar-refractivity contribution in [1.29, 1.82) is 0 Å². The Balaban J connectivity index is 0. The lowest BCUT2D eigenvalue weighted by atomic mass is 10.3. The molecule has 1 aromatic rings. The summed E-state index contributed by atoms with van der Waals surface area (Å²) in [7, 11) is 0. The van der Waals surface area contributed by atoms with E-state index >= 15 is 0 Å². The van der Waals surface area contributed by atoms with Gasteiger partial charge in [0.15, 0.2) is 0 Å². The fraction of sp³-hybridized carbons (Fsp3) is 0.400. The van der Waals surface area contributed by atoms with E-state index in [-0.39, 0.29) is 0 Å². The smallest absolute Gasteiger partial charge is 0.129 e. The normalized spacial score (nSPS) is 7.62. The van der Waals surface area contributed by atoms with Crippen molar-refractivity contribution < 1.29 is 13.2 Å². The van der Waals surface area contributed by atoms with Crippen LogP contribution in [0.15, 0.2) is 18.2 Å². The van der Waals surface area contributed by atoms with Gasteiger partial charge in [-0.3, -0.25) is 0 Å². The van der Waals surface area contributed by atoms with Crippen LogP contribution in [0.1, 0.15) is 27.7 Å². The maximum atomic E-state index is 11.9. The summed E-state index contributed by atoms with van der Waals surface area (Å²) in [6, 6.07) is 1.84. The molecule has 0 amide bonds. The van der Waals surface area contributed by atoms with Gasteiger partial charge >= 0.3 is 0 Å². The first kappa shape index (κ1) is 14.5. The van der Waals surface area contributed by atoms with Gasteiger partial charge in [0.25, 0.3) is 0 Å². The summed E-state index contributed by atoms with van der Waals surface area (Å²) in [6.07, 6.45) is 0. The molecule has 13 heavy (non-hydrogen) atoms. The van der Waals surface area contributed by atoms with Crippen molar-refractivity contribution in [2.45, 2.75) is 27.7 Å². The molecule has 0 atom stereocenters. The SMILES string of the molecule is CC.CC.Fc1cc(F)cc(F)c1. The van der Waals surface area contributed by atoms with Crippen molar-refractivity contribution >= 4 is 0 Å². The highest BCUT2D eigenvalue weighted by atomic mass is 19.1. The number of benzene rings is 1. The molecule has 0 N–H and O–H groups in total. The molecule has 1 rings (SSSR count). The van der Waals surface area contributed by atoms with Gasteiger partial charge in [0, 0.05) is 18.2 Å². The summed E-state index contributed by atoms with van der Waals surface area (Å²) in [5.41, 5.74) is 0. The summed E-state index contributed by atoms with van der Waals surface area (Å²) in [6.45, 7) is 8.00. The molecule has 0 unspecified atom stereocenters. The Kier molecular flexibility index (Phi) is 10.2. The highest BCUT2D eigenvalue weighted by Crippen LogP contribution is 2.04.